The number of hydrogen-bond donors (Lipinski definition) is 1. The summed E-state index contributed by atoms with van der Waals surface area (Å²) in [6, 6.07) is 15.2. The van der Waals surface area contributed by atoms with Crippen LogP contribution in [0.25, 0.3) is 11.0 Å². The average molecular weight is 348 g/mol. The third-order valence-corrected chi connectivity index (χ3v) is 5.94. The molecule has 1 aromatic heterocycles. The molecule has 5 nitrogen and oxygen atoms in total. The maximum Gasteiger partial charge on any atom is 0.124 e. The minimum atomic E-state index is 0.0287. The van der Waals surface area contributed by atoms with Gasteiger partial charge in [-0.2, -0.15) is 0 Å². The van der Waals surface area contributed by atoms with Crippen LogP contribution in [0.3, 0.4) is 0 Å². The van der Waals surface area contributed by atoms with E-state index < -0.39 is 0 Å². The van der Waals surface area contributed by atoms with Gasteiger partial charge in [-0.05, 0) is 49.4 Å². The van der Waals surface area contributed by atoms with Gasteiger partial charge in [-0.1, -0.05) is 29.5 Å². The summed E-state index contributed by atoms with van der Waals surface area (Å²) in [4.78, 5) is 0. The van der Waals surface area contributed by atoms with Gasteiger partial charge in [-0.25, -0.2) is 4.68 Å². The molecule has 5 heteroatoms. The molecule has 1 aliphatic carbocycles. The third kappa shape index (κ3) is 2.67. The Kier molecular flexibility index (Phi) is 3.71. The van der Waals surface area contributed by atoms with Crippen LogP contribution < -0.4 is 10.1 Å². The standard InChI is InChI=1S/C21H24N4O/c1-25-19-9-8-15(12-17(19)23-24-25)14-22-18-13-21(10-4-5-11-21)26-20-7-3-2-6-16(18)20/h2-3,6-9,12,18,22H,4-5,10-11,13-14H2,1H3. The number of nitrogens with one attached hydrogen (secondary N) is 1. The number of nitrogens with zero attached hydrogens (tertiary/aromatic N) is 3. The molecule has 0 saturated heterocycles. The Morgan fingerprint density at radius 2 is 2.04 bits per heavy atom. The molecule has 1 N–H and O–H groups in total. The Morgan fingerprint density at radius 3 is 2.92 bits per heavy atom. The van der Waals surface area contributed by atoms with Crippen LogP contribution in [0.4, 0.5) is 0 Å². The van der Waals surface area contributed by atoms with Crippen molar-refractivity contribution in [1.29, 1.82) is 0 Å². The predicted octanol–water partition coefficient (Wildman–Crippen LogP) is 3.89. The fourth-order valence-electron chi connectivity index (χ4n) is 4.56. The number of benzene rings is 2. The van der Waals surface area contributed by atoms with Crippen molar-refractivity contribution in [2.24, 2.45) is 7.05 Å². The van der Waals surface area contributed by atoms with Crippen LogP contribution in [-0.2, 0) is 13.6 Å². The van der Waals surface area contributed by atoms with Crippen molar-refractivity contribution in [3.8, 4) is 5.75 Å². The molecule has 1 fully saturated rings. The first-order valence-corrected chi connectivity index (χ1v) is 9.52. The minimum Gasteiger partial charge on any atom is -0.487 e. The van der Waals surface area contributed by atoms with Gasteiger partial charge in [0.25, 0.3) is 0 Å². The summed E-state index contributed by atoms with van der Waals surface area (Å²) >= 11 is 0. The maximum atomic E-state index is 6.46. The molecule has 2 heterocycles. The Balaban J connectivity index is 1.39. The molecule has 1 spiro atoms. The van der Waals surface area contributed by atoms with Gasteiger partial charge < -0.3 is 10.1 Å². The van der Waals surface area contributed by atoms with Crippen molar-refractivity contribution in [3.05, 3.63) is 53.6 Å². The van der Waals surface area contributed by atoms with Gasteiger partial charge in [-0.15, -0.1) is 5.10 Å². The van der Waals surface area contributed by atoms with Gasteiger partial charge in [0.1, 0.15) is 16.9 Å². The molecule has 5 rings (SSSR count). The van der Waals surface area contributed by atoms with Crippen molar-refractivity contribution < 1.29 is 4.74 Å². The van der Waals surface area contributed by atoms with E-state index >= 15 is 0 Å². The van der Waals surface area contributed by atoms with E-state index in [2.05, 4.69) is 58.1 Å². The summed E-state index contributed by atoms with van der Waals surface area (Å²) < 4.78 is 8.27. The molecule has 2 aromatic carbocycles. The lowest BCUT2D eigenvalue weighted by Gasteiger charge is -2.40. The van der Waals surface area contributed by atoms with Crippen LogP contribution in [0.5, 0.6) is 5.75 Å². The smallest absolute Gasteiger partial charge is 0.124 e. The van der Waals surface area contributed by atoms with Crippen molar-refractivity contribution in [2.45, 2.75) is 50.3 Å². The van der Waals surface area contributed by atoms with Crippen LogP contribution >= 0.6 is 0 Å². The molecule has 1 saturated carbocycles. The Morgan fingerprint density at radius 1 is 1.19 bits per heavy atom. The van der Waals surface area contributed by atoms with E-state index in [-0.39, 0.29) is 5.60 Å². The Labute approximate surface area is 153 Å². The van der Waals surface area contributed by atoms with Gasteiger partial charge in [0.05, 0.1) is 5.52 Å². The first kappa shape index (κ1) is 15.8. The second kappa shape index (κ2) is 6.09. The molecule has 1 unspecified atom stereocenters. The molecule has 0 amide bonds. The monoisotopic (exact) mass is 348 g/mol. The van der Waals surface area contributed by atoms with Crippen LogP contribution in [0.15, 0.2) is 42.5 Å². The summed E-state index contributed by atoms with van der Waals surface area (Å²) in [6.45, 7) is 0.821. The highest BCUT2D eigenvalue weighted by Gasteiger charge is 2.42. The number of fused-ring (bicyclic) bond motifs is 2. The summed E-state index contributed by atoms with van der Waals surface area (Å²) in [5.41, 5.74) is 4.57. The van der Waals surface area contributed by atoms with Crippen molar-refractivity contribution in [2.75, 3.05) is 0 Å². The van der Waals surface area contributed by atoms with Crippen molar-refractivity contribution in [3.63, 3.8) is 0 Å². The number of hydrogen-bond acceptors (Lipinski definition) is 4. The van der Waals surface area contributed by atoms with Gasteiger partial charge in [0.2, 0.25) is 0 Å². The summed E-state index contributed by atoms with van der Waals surface area (Å²) in [7, 11) is 1.92. The molecule has 2 aliphatic rings. The highest BCUT2D eigenvalue weighted by atomic mass is 16.5. The summed E-state index contributed by atoms with van der Waals surface area (Å²) in [5, 5.41) is 12.1. The fourth-order valence-corrected chi connectivity index (χ4v) is 4.56. The molecule has 26 heavy (non-hydrogen) atoms. The number of para-hydroxylation sites is 1. The van der Waals surface area contributed by atoms with E-state index in [0.717, 1.165) is 29.7 Å². The van der Waals surface area contributed by atoms with Gasteiger partial charge in [0.15, 0.2) is 0 Å². The summed E-state index contributed by atoms with van der Waals surface area (Å²) in [5.74, 6) is 1.06. The van der Waals surface area contributed by atoms with Crippen LogP contribution in [0.2, 0.25) is 0 Å². The van der Waals surface area contributed by atoms with E-state index in [0.29, 0.717) is 6.04 Å². The zero-order chi connectivity index (χ0) is 17.6. The SMILES string of the molecule is Cn1nnc2cc(CNC3CC4(CCCC4)Oc4ccccc43)ccc21. The quantitative estimate of drug-likeness (QED) is 0.780. The van der Waals surface area contributed by atoms with Crippen molar-refractivity contribution >= 4 is 11.0 Å². The lowest BCUT2D eigenvalue weighted by Crippen LogP contribution is -2.42. The maximum absolute atomic E-state index is 6.46. The number of aromatic nitrogens is 3. The lowest BCUT2D eigenvalue weighted by molar-refractivity contribution is 0.0364. The van der Waals surface area contributed by atoms with E-state index in [1.165, 1.54) is 36.8 Å². The number of aryl methyl sites for hydroxylation is 1. The molecule has 1 atom stereocenters. The Bertz CT molecular complexity index is 942. The third-order valence-electron chi connectivity index (χ3n) is 5.94. The van der Waals surface area contributed by atoms with Crippen LogP contribution in [0.1, 0.15) is 49.3 Å². The van der Waals surface area contributed by atoms with Crippen LogP contribution in [-0.4, -0.2) is 20.6 Å². The van der Waals surface area contributed by atoms with Gasteiger partial charge in [-0.3, -0.25) is 0 Å². The predicted molar refractivity (Wildman–Crippen MR) is 101 cm³/mol. The average Bonchev–Trinajstić information content (AvgIpc) is 3.26. The zero-order valence-corrected chi connectivity index (χ0v) is 15.1. The fraction of sp³-hybridized carbons (Fsp3) is 0.429. The van der Waals surface area contributed by atoms with E-state index in [4.69, 9.17) is 4.74 Å². The number of ether oxygens (including phenoxy) is 1. The molecular formula is C21H24N4O. The Hall–Kier alpha value is -2.40. The second-order valence-electron chi connectivity index (χ2n) is 7.70. The highest BCUT2D eigenvalue weighted by molar-refractivity contribution is 5.74. The number of rotatable bonds is 3. The van der Waals surface area contributed by atoms with Crippen LogP contribution in [0, 0.1) is 0 Å². The van der Waals surface area contributed by atoms with E-state index in [1.807, 2.05) is 11.7 Å². The zero-order valence-electron chi connectivity index (χ0n) is 15.1. The van der Waals surface area contributed by atoms with Crippen molar-refractivity contribution in [1.82, 2.24) is 20.3 Å². The molecular weight excluding hydrogens is 324 g/mol. The largest absolute Gasteiger partial charge is 0.487 e. The van der Waals surface area contributed by atoms with E-state index in [9.17, 15) is 0 Å². The molecule has 1 aliphatic heterocycles. The first-order chi connectivity index (χ1) is 12.7. The summed E-state index contributed by atoms with van der Waals surface area (Å²) in [6.07, 6.45) is 5.95. The lowest BCUT2D eigenvalue weighted by atomic mass is 9.86. The van der Waals surface area contributed by atoms with E-state index in [1.54, 1.807) is 0 Å². The molecule has 0 bridgehead atoms. The highest BCUT2D eigenvalue weighted by Crippen LogP contribution is 2.47. The molecule has 3 aromatic rings. The normalized spacial score (nSPS) is 21.0. The molecule has 0 radical (unpaired) electrons. The van der Waals surface area contributed by atoms with Gasteiger partial charge in [0, 0.05) is 31.6 Å². The molecule has 134 valence electrons. The second-order valence-corrected chi connectivity index (χ2v) is 7.70. The minimum absolute atomic E-state index is 0.0287. The van der Waals surface area contributed by atoms with Gasteiger partial charge >= 0.3 is 0 Å². The first-order valence-electron chi connectivity index (χ1n) is 9.52. The topological polar surface area (TPSA) is 52.0 Å².